The van der Waals surface area contributed by atoms with Gasteiger partial charge in [0.15, 0.2) is 11.6 Å². The molecule has 0 saturated heterocycles. The molecule has 0 amide bonds. The Morgan fingerprint density at radius 3 is 2.15 bits per heavy atom. The first-order valence-corrected chi connectivity index (χ1v) is 4.30. The molecular formula is C8H6Cl2F2O. The highest BCUT2D eigenvalue weighted by Gasteiger charge is 2.20. The molecule has 72 valence electrons. The zero-order valence-electron chi connectivity index (χ0n) is 6.67. The van der Waals surface area contributed by atoms with Gasteiger partial charge in [-0.25, -0.2) is 8.78 Å². The minimum absolute atomic E-state index is 0.0993. The Kier molecular flexibility index (Phi) is 2.98. The summed E-state index contributed by atoms with van der Waals surface area (Å²) in [5.41, 5.74) is -0.257. The Labute approximate surface area is 83.9 Å². The maximum Gasteiger partial charge on any atom is 0.172 e. The van der Waals surface area contributed by atoms with Crippen LogP contribution in [0, 0.1) is 11.6 Å². The number of hydrogen-bond donors (Lipinski definition) is 1. The van der Waals surface area contributed by atoms with E-state index < -0.39 is 27.4 Å². The van der Waals surface area contributed by atoms with E-state index in [9.17, 15) is 8.78 Å². The van der Waals surface area contributed by atoms with Crippen LogP contribution in [0.5, 0.6) is 5.75 Å². The van der Waals surface area contributed by atoms with Crippen molar-refractivity contribution in [1.82, 2.24) is 0 Å². The molecule has 0 atom stereocenters. The van der Waals surface area contributed by atoms with Crippen LogP contribution in [0.3, 0.4) is 0 Å². The Morgan fingerprint density at radius 1 is 1.15 bits per heavy atom. The van der Waals surface area contributed by atoms with Gasteiger partial charge in [0.05, 0.1) is 5.02 Å². The van der Waals surface area contributed by atoms with E-state index in [4.69, 9.17) is 28.3 Å². The van der Waals surface area contributed by atoms with Crippen molar-refractivity contribution in [3.63, 3.8) is 0 Å². The summed E-state index contributed by atoms with van der Waals surface area (Å²) in [6, 6.07) is 0. The molecule has 0 aliphatic carbocycles. The third-order valence-electron chi connectivity index (χ3n) is 1.68. The lowest BCUT2D eigenvalue weighted by molar-refractivity contribution is 0.423. The Morgan fingerprint density at radius 2 is 1.69 bits per heavy atom. The summed E-state index contributed by atoms with van der Waals surface area (Å²) in [4.78, 5) is 0. The molecule has 1 N–H and O–H groups in total. The van der Waals surface area contributed by atoms with E-state index in [2.05, 4.69) is 0 Å². The van der Waals surface area contributed by atoms with E-state index in [1.807, 2.05) is 0 Å². The standard InChI is InChI=1S/C8H6Cl2F2O/c1-2-3-6(11)4(9)5(10)8(13)7(3)12/h13H,2H2,1H3. The molecule has 0 aliphatic rings. The van der Waals surface area contributed by atoms with E-state index in [0.717, 1.165) is 0 Å². The van der Waals surface area contributed by atoms with Gasteiger partial charge in [0.2, 0.25) is 0 Å². The SMILES string of the molecule is CCc1c(F)c(O)c(Cl)c(Cl)c1F. The van der Waals surface area contributed by atoms with Gasteiger partial charge in [-0.2, -0.15) is 0 Å². The monoisotopic (exact) mass is 226 g/mol. The second kappa shape index (κ2) is 3.68. The third kappa shape index (κ3) is 1.58. The predicted octanol–water partition coefficient (Wildman–Crippen LogP) is 3.54. The zero-order valence-corrected chi connectivity index (χ0v) is 8.18. The van der Waals surface area contributed by atoms with Crippen molar-refractivity contribution in [3.8, 4) is 5.75 Å². The lowest BCUT2D eigenvalue weighted by Gasteiger charge is -2.07. The minimum Gasteiger partial charge on any atom is -0.504 e. The maximum absolute atomic E-state index is 13.1. The van der Waals surface area contributed by atoms with Crippen molar-refractivity contribution in [2.24, 2.45) is 0 Å². The van der Waals surface area contributed by atoms with E-state index in [-0.39, 0.29) is 12.0 Å². The molecule has 0 saturated carbocycles. The molecule has 0 aliphatic heterocycles. The second-order valence-electron chi connectivity index (χ2n) is 2.44. The van der Waals surface area contributed by atoms with Gasteiger partial charge in [-0.3, -0.25) is 0 Å². The summed E-state index contributed by atoms with van der Waals surface area (Å²) < 4.78 is 26.2. The van der Waals surface area contributed by atoms with Crippen molar-refractivity contribution in [2.75, 3.05) is 0 Å². The largest absolute Gasteiger partial charge is 0.504 e. The highest BCUT2D eigenvalue weighted by atomic mass is 35.5. The Bertz CT molecular complexity index is 323. The van der Waals surface area contributed by atoms with Crippen LogP contribution in [0.2, 0.25) is 10.0 Å². The summed E-state index contributed by atoms with van der Waals surface area (Å²) in [5.74, 6) is -2.76. The van der Waals surface area contributed by atoms with Gasteiger partial charge in [-0.1, -0.05) is 30.1 Å². The van der Waals surface area contributed by atoms with Gasteiger partial charge in [0.25, 0.3) is 0 Å². The summed E-state index contributed by atoms with van der Waals surface area (Å²) >= 11 is 10.8. The van der Waals surface area contributed by atoms with Crippen molar-refractivity contribution in [3.05, 3.63) is 27.2 Å². The molecule has 0 spiro atoms. The van der Waals surface area contributed by atoms with Gasteiger partial charge < -0.3 is 5.11 Å². The number of phenolic OH excluding ortho intramolecular Hbond substituents is 1. The topological polar surface area (TPSA) is 20.2 Å². The molecule has 1 aromatic rings. The second-order valence-corrected chi connectivity index (χ2v) is 3.19. The van der Waals surface area contributed by atoms with Gasteiger partial charge in [-0.15, -0.1) is 0 Å². The normalized spacial score (nSPS) is 10.5. The van der Waals surface area contributed by atoms with Crippen LogP contribution in [0.15, 0.2) is 0 Å². The van der Waals surface area contributed by atoms with Crippen LogP contribution in [-0.4, -0.2) is 5.11 Å². The molecule has 0 radical (unpaired) electrons. The van der Waals surface area contributed by atoms with Gasteiger partial charge in [0.1, 0.15) is 10.8 Å². The Hall–Kier alpha value is -0.540. The molecule has 0 fully saturated rings. The van der Waals surface area contributed by atoms with Gasteiger partial charge >= 0.3 is 0 Å². The highest BCUT2D eigenvalue weighted by molar-refractivity contribution is 6.43. The Balaban J connectivity index is 3.56. The van der Waals surface area contributed by atoms with Crippen LogP contribution in [0.4, 0.5) is 8.78 Å². The van der Waals surface area contributed by atoms with E-state index >= 15 is 0 Å². The molecular weight excluding hydrogens is 221 g/mol. The number of hydrogen-bond acceptors (Lipinski definition) is 1. The first-order valence-electron chi connectivity index (χ1n) is 3.54. The number of aromatic hydroxyl groups is 1. The minimum atomic E-state index is -1.05. The fourth-order valence-corrected chi connectivity index (χ4v) is 1.35. The summed E-state index contributed by atoms with van der Waals surface area (Å²) in [6.45, 7) is 1.55. The zero-order chi connectivity index (χ0) is 10.2. The molecule has 0 unspecified atom stereocenters. The number of phenols is 1. The lowest BCUT2D eigenvalue weighted by atomic mass is 10.1. The van der Waals surface area contributed by atoms with Crippen LogP contribution < -0.4 is 0 Å². The van der Waals surface area contributed by atoms with E-state index in [1.54, 1.807) is 6.92 Å². The predicted molar refractivity (Wildman–Crippen MR) is 47.4 cm³/mol. The molecule has 0 heterocycles. The smallest absolute Gasteiger partial charge is 0.172 e. The molecule has 0 bridgehead atoms. The first-order chi connectivity index (χ1) is 6.00. The molecule has 5 heteroatoms. The van der Waals surface area contributed by atoms with Crippen molar-refractivity contribution < 1.29 is 13.9 Å². The molecule has 1 aromatic carbocycles. The van der Waals surface area contributed by atoms with Crippen LogP contribution in [0.1, 0.15) is 12.5 Å². The van der Waals surface area contributed by atoms with E-state index in [1.165, 1.54) is 0 Å². The molecule has 1 rings (SSSR count). The quantitative estimate of drug-likeness (QED) is 0.574. The summed E-state index contributed by atoms with van der Waals surface area (Å²) in [6.07, 6.45) is 0.0993. The fraction of sp³-hybridized carbons (Fsp3) is 0.250. The third-order valence-corrected chi connectivity index (χ3v) is 2.50. The van der Waals surface area contributed by atoms with Crippen molar-refractivity contribution in [2.45, 2.75) is 13.3 Å². The number of rotatable bonds is 1. The number of benzene rings is 1. The average molecular weight is 227 g/mol. The van der Waals surface area contributed by atoms with Crippen LogP contribution in [-0.2, 0) is 6.42 Å². The number of halogens is 4. The van der Waals surface area contributed by atoms with Crippen molar-refractivity contribution in [1.29, 1.82) is 0 Å². The van der Waals surface area contributed by atoms with Crippen molar-refractivity contribution >= 4 is 23.2 Å². The first kappa shape index (κ1) is 10.5. The fourth-order valence-electron chi connectivity index (χ4n) is 0.979. The average Bonchev–Trinajstić information content (AvgIpc) is 2.13. The van der Waals surface area contributed by atoms with Gasteiger partial charge in [0, 0.05) is 5.56 Å². The van der Waals surface area contributed by atoms with Gasteiger partial charge in [-0.05, 0) is 6.42 Å². The lowest BCUT2D eigenvalue weighted by Crippen LogP contribution is -1.96. The molecule has 1 nitrogen and oxygen atoms in total. The molecule has 13 heavy (non-hydrogen) atoms. The summed E-state index contributed by atoms with van der Waals surface area (Å²) in [7, 11) is 0. The maximum atomic E-state index is 13.1. The molecule has 0 aromatic heterocycles. The summed E-state index contributed by atoms with van der Waals surface area (Å²) in [5, 5.41) is 8.13. The highest BCUT2D eigenvalue weighted by Crippen LogP contribution is 2.38. The van der Waals surface area contributed by atoms with E-state index in [0.29, 0.717) is 0 Å². The van der Waals surface area contributed by atoms with Crippen LogP contribution in [0.25, 0.3) is 0 Å². The van der Waals surface area contributed by atoms with Crippen LogP contribution >= 0.6 is 23.2 Å².